The molecule has 0 aromatic heterocycles. The van der Waals surface area contributed by atoms with Gasteiger partial charge in [-0.05, 0) is 23.7 Å². The lowest BCUT2D eigenvalue weighted by Gasteiger charge is -2.39. The van der Waals surface area contributed by atoms with E-state index >= 15 is 0 Å². The summed E-state index contributed by atoms with van der Waals surface area (Å²) in [5.74, 6) is 0. The fourth-order valence-corrected chi connectivity index (χ4v) is 3.29. The maximum Gasteiger partial charge on any atom is 0.341 e. The molecule has 0 aliphatic carbocycles. The SMILES string of the molecule is CC(C)(C)[Si](C)(C)ON(Cc1ccccc1)CP(=O)(O)O. The molecule has 1 aromatic rings. The Kier molecular flexibility index (Phi) is 5.95. The van der Waals surface area contributed by atoms with Crippen molar-refractivity contribution in [3.8, 4) is 0 Å². The highest BCUT2D eigenvalue weighted by Gasteiger charge is 2.40. The third kappa shape index (κ3) is 6.42. The molecule has 2 N–H and O–H groups in total. The molecule has 0 aliphatic heterocycles. The fourth-order valence-electron chi connectivity index (χ4n) is 1.56. The number of rotatable bonds is 6. The van der Waals surface area contributed by atoms with Gasteiger partial charge in [0.25, 0.3) is 0 Å². The standard InChI is InChI=1S/C14H26NO4PSi/c1-14(2,3)21(4,5)19-15(12-20(16,17)18)11-13-9-7-6-8-10-13/h6-10H,11-12H2,1-5H3,(H2,16,17,18). The van der Waals surface area contributed by atoms with Gasteiger partial charge in [-0.25, -0.2) is 0 Å². The number of hydroxylamine groups is 2. The smallest absolute Gasteiger partial charge is 0.341 e. The van der Waals surface area contributed by atoms with Gasteiger partial charge in [0.05, 0.1) is 0 Å². The van der Waals surface area contributed by atoms with Crippen molar-refractivity contribution < 1.29 is 18.9 Å². The van der Waals surface area contributed by atoms with Crippen LogP contribution < -0.4 is 0 Å². The summed E-state index contributed by atoms with van der Waals surface area (Å²) in [4.78, 5) is 18.5. The van der Waals surface area contributed by atoms with Crippen molar-refractivity contribution in [1.82, 2.24) is 5.06 Å². The first kappa shape index (κ1) is 18.6. The molecule has 0 saturated heterocycles. The summed E-state index contributed by atoms with van der Waals surface area (Å²) in [7, 11) is -6.31. The monoisotopic (exact) mass is 331 g/mol. The van der Waals surface area contributed by atoms with Gasteiger partial charge in [0.15, 0.2) is 0 Å². The van der Waals surface area contributed by atoms with E-state index in [4.69, 9.17) is 4.53 Å². The van der Waals surface area contributed by atoms with Crippen LogP contribution in [0.5, 0.6) is 0 Å². The van der Waals surface area contributed by atoms with Gasteiger partial charge in [-0.15, -0.1) is 0 Å². The molecule has 120 valence electrons. The van der Waals surface area contributed by atoms with Crippen molar-refractivity contribution in [2.75, 3.05) is 6.29 Å². The van der Waals surface area contributed by atoms with Crippen molar-refractivity contribution in [1.29, 1.82) is 0 Å². The highest BCUT2D eigenvalue weighted by Crippen LogP contribution is 2.40. The van der Waals surface area contributed by atoms with Crippen LogP contribution in [0.25, 0.3) is 0 Å². The van der Waals surface area contributed by atoms with E-state index in [1.54, 1.807) is 0 Å². The summed E-state index contributed by atoms with van der Waals surface area (Å²) in [6, 6.07) is 9.55. The Bertz CT molecular complexity index is 495. The summed E-state index contributed by atoms with van der Waals surface area (Å²) in [5, 5.41) is 1.39. The second-order valence-electron chi connectivity index (χ2n) is 6.78. The van der Waals surface area contributed by atoms with Crippen LogP contribution in [0.4, 0.5) is 0 Å². The molecule has 0 saturated carbocycles. The molecule has 0 heterocycles. The number of benzene rings is 1. The van der Waals surface area contributed by atoms with Gasteiger partial charge in [-0.1, -0.05) is 51.1 Å². The summed E-state index contributed by atoms with van der Waals surface area (Å²) in [6.07, 6.45) is -0.394. The summed E-state index contributed by atoms with van der Waals surface area (Å²) < 4.78 is 17.4. The lowest BCUT2D eigenvalue weighted by molar-refractivity contribution is -0.0683. The molecule has 0 amide bonds. The van der Waals surface area contributed by atoms with E-state index in [2.05, 4.69) is 33.9 Å². The normalized spacial score (nSPS) is 13.7. The Labute approximate surface area is 128 Å². The van der Waals surface area contributed by atoms with Crippen LogP contribution in [0.1, 0.15) is 26.3 Å². The molecule has 0 bridgehead atoms. The van der Waals surface area contributed by atoms with Crippen LogP contribution in [0.15, 0.2) is 30.3 Å². The van der Waals surface area contributed by atoms with E-state index in [9.17, 15) is 14.4 Å². The predicted octanol–water partition coefficient (Wildman–Crippen LogP) is 3.56. The number of hydrogen-bond donors (Lipinski definition) is 2. The zero-order valence-corrected chi connectivity index (χ0v) is 15.3. The predicted molar refractivity (Wildman–Crippen MR) is 87.2 cm³/mol. The third-order valence-corrected chi connectivity index (χ3v) is 8.72. The van der Waals surface area contributed by atoms with Crippen LogP contribution in [0.2, 0.25) is 18.1 Å². The van der Waals surface area contributed by atoms with Gasteiger partial charge in [0.1, 0.15) is 6.29 Å². The summed E-state index contributed by atoms with van der Waals surface area (Å²) in [5.41, 5.74) is 0.963. The lowest BCUT2D eigenvalue weighted by atomic mass is 10.2. The molecule has 0 aliphatic rings. The highest BCUT2D eigenvalue weighted by molar-refractivity contribution is 7.51. The minimum atomic E-state index is -4.17. The molecule has 7 heteroatoms. The topological polar surface area (TPSA) is 70.0 Å². The van der Waals surface area contributed by atoms with E-state index in [-0.39, 0.29) is 5.04 Å². The van der Waals surface area contributed by atoms with E-state index in [0.717, 1.165) is 5.56 Å². The van der Waals surface area contributed by atoms with E-state index < -0.39 is 22.2 Å². The van der Waals surface area contributed by atoms with Gasteiger partial charge in [-0.2, -0.15) is 5.06 Å². The number of nitrogens with zero attached hydrogens (tertiary/aromatic N) is 1. The molecule has 0 atom stereocenters. The molecular formula is C14H26NO4PSi. The van der Waals surface area contributed by atoms with Gasteiger partial charge in [-0.3, -0.25) is 4.57 Å². The Morgan fingerprint density at radius 2 is 1.71 bits per heavy atom. The van der Waals surface area contributed by atoms with Crippen LogP contribution in [-0.4, -0.2) is 29.5 Å². The Morgan fingerprint density at radius 1 is 1.19 bits per heavy atom. The van der Waals surface area contributed by atoms with Crippen molar-refractivity contribution in [2.45, 2.75) is 45.4 Å². The van der Waals surface area contributed by atoms with E-state index in [1.165, 1.54) is 5.06 Å². The minimum Gasteiger partial charge on any atom is -0.342 e. The first-order valence-electron chi connectivity index (χ1n) is 6.93. The van der Waals surface area contributed by atoms with Crippen LogP contribution in [0.3, 0.4) is 0 Å². The Hall–Kier alpha value is -0.493. The molecule has 0 unspecified atom stereocenters. The molecule has 0 spiro atoms. The van der Waals surface area contributed by atoms with Gasteiger partial charge in [0.2, 0.25) is 8.32 Å². The molecular weight excluding hydrogens is 305 g/mol. The first-order valence-corrected chi connectivity index (χ1v) is 11.6. The second-order valence-corrected chi connectivity index (χ2v) is 13.1. The molecule has 0 radical (unpaired) electrons. The maximum absolute atomic E-state index is 11.4. The van der Waals surface area contributed by atoms with Gasteiger partial charge < -0.3 is 14.3 Å². The summed E-state index contributed by atoms with van der Waals surface area (Å²) >= 11 is 0. The van der Waals surface area contributed by atoms with Gasteiger partial charge >= 0.3 is 7.60 Å². The molecule has 1 aromatic carbocycles. The third-order valence-electron chi connectivity index (χ3n) is 3.71. The van der Waals surface area contributed by atoms with Crippen LogP contribution in [0, 0.1) is 0 Å². The van der Waals surface area contributed by atoms with Crippen molar-refractivity contribution in [3.05, 3.63) is 35.9 Å². The largest absolute Gasteiger partial charge is 0.342 e. The van der Waals surface area contributed by atoms with E-state index in [1.807, 2.05) is 30.3 Å². The van der Waals surface area contributed by atoms with Crippen molar-refractivity contribution >= 4 is 15.9 Å². The molecule has 1 rings (SSSR count). The Balaban J connectivity index is 2.90. The molecule has 0 fully saturated rings. The van der Waals surface area contributed by atoms with Crippen LogP contribution >= 0.6 is 7.60 Å². The number of hydrogen-bond acceptors (Lipinski definition) is 3. The zero-order valence-electron chi connectivity index (χ0n) is 13.4. The van der Waals surface area contributed by atoms with Crippen LogP contribution in [-0.2, 0) is 15.6 Å². The molecule has 21 heavy (non-hydrogen) atoms. The lowest BCUT2D eigenvalue weighted by Crippen LogP contribution is -2.46. The van der Waals surface area contributed by atoms with Gasteiger partial charge in [0, 0.05) is 6.54 Å². The quantitative estimate of drug-likeness (QED) is 0.474. The average Bonchev–Trinajstić information content (AvgIpc) is 2.25. The van der Waals surface area contributed by atoms with Crippen molar-refractivity contribution in [2.24, 2.45) is 0 Å². The van der Waals surface area contributed by atoms with Crippen molar-refractivity contribution in [3.63, 3.8) is 0 Å². The zero-order chi connectivity index (χ0) is 16.3. The average molecular weight is 331 g/mol. The fraction of sp³-hybridized carbons (Fsp3) is 0.571. The maximum atomic E-state index is 11.4. The Morgan fingerprint density at radius 3 is 2.14 bits per heavy atom. The summed E-state index contributed by atoms with van der Waals surface area (Å²) in [6.45, 7) is 10.8. The molecule has 5 nitrogen and oxygen atoms in total. The highest BCUT2D eigenvalue weighted by atomic mass is 31.2. The second kappa shape index (κ2) is 6.73. The first-order chi connectivity index (χ1) is 9.41. The van der Waals surface area contributed by atoms with E-state index in [0.29, 0.717) is 6.54 Å². The minimum absolute atomic E-state index is 0.0309.